The summed E-state index contributed by atoms with van der Waals surface area (Å²) < 4.78 is 0. The summed E-state index contributed by atoms with van der Waals surface area (Å²) in [6.07, 6.45) is 18.2. The van der Waals surface area contributed by atoms with E-state index in [2.05, 4.69) is 26.3 Å². The smallest absolute Gasteiger partial charge is 0.00576 e. The summed E-state index contributed by atoms with van der Waals surface area (Å²) >= 11 is 0. The Morgan fingerprint density at radius 1 is 0.679 bits per heavy atom. The maximum Gasteiger partial charge on any atom is 0.00576 e. The topological polar surface area (TPSA) is 0 Å². The van der Waals surface area contributed by atoms with E-state index in [1.54, 1.807) is 6.08 Å². The van der Waals surface area contributed by atoms with Crippen LogP contribution in [0.25, 0.3) is 0 Å². The largest absolute Gasteiger partial charge is 0.120 e. The van der Waals surface area contributed by atoms with Gasteiger partial charge in [-0.15, -0.1) is 12.3 Å². The normalized spacial score (nSPS) is 5.75. The van der Waals surface area contributed by atoms with E-state index in [1.807, 2.05) is 95.2 Å². The Balaban J connectivity index is -0.0000000175. The third kappa shape index (κ3) is 397. The van der Waals surface area contributed by atoms with Crippen LogP contribution in [0.4, 0.5) is 0 Å². The molecule has 0 saturated heterocycles. The lowest BCUT2D eigenvalue weighted by Gasteiger charge is -1.90. The number of rotatable bonds is 5. The van der Waals surface area contributed by atoms with Gasteiger partial charge in [0, 0.05) is 6.42 Å². The fourth-order valence-corrected chi connectivity index (χ4v) is 0.813. The molecule has 0 saturated carbocycles. The van der Waals surface area contributed by atoms with Gasteiger partial charge < -0.3 is 0 Å². The zero-order valence-electron chi connectivity index (χ0n) is 21.8. The molecule has 0 radical (unpaired) electrons. The van der Waals surface area contributed by atoms with E-state index < -0.39 is 0 Å². The Kier molecular flexibility index (Phi) is 451. The van der Waals surface area contributed by atoms with Crippen molar-refractivity contribution in [3.63, 3.8) is 0 Å². The molecule has 0 rings (SSSR count). The highest BCUT2D eigenvalue weighted by atomic mass is 13.9. The zero-order valence-corrected chi connectivity index (χ0v) is 21.8. The molecule has 0 amide bonds. The molecule has 0 aromatic heterocycles. The van der Waals surface area contributed by atoms with Crippen LogP contribution in [0.3, 0.4) is 0 Å². The minimum Gasteiger partial charge on any atom is -0.120 e. The minimum atomic E-state index is 0. The first-order chi connectivity index (χ1) is 12.7. The highest BCUT2D eigenvalue weighted by Crippen LogP contribution is 2.00. The van der Waals surface area contributed by atoms with Crippen LogP contribution in [0.5, 0.6) is 0 Å². The first-order valence-electron chi connectivity index (χ1n) is 11.4. The Morgan fingerprint density at radius 2 is 0.929 bits per heavy atom. The highest BCUT2D eigenvalue weighted by Gasteiger charge is 1.80. The molecule has 180 valence electrons. The van der Waals surface area contributed by atoms with Crippen molar-refractivity contribution in [3.8, 4) is 12.3 Å². The molecule has 0 aliphatic rings. The van der Waals surface area contributed by atoms with Crippen molar-refractivity contribution in [3.05, 3.63) is 24.8 Å². The lowest BCUT2D eigenvalue weighted by Crippen LogP contribution is -1.70. The van der Waals surface area contributed by atoms with Crippen LogP contribution in [0.1, 0.15) is 150 Å². The van der Waals surface area contributed by atoms with Gasteiger partial charge in [-0.25, -0.2) is 0 Å². The fourth-order valence-electron chi connectivity index (χ4n) is 0.813. The Morgan fingerprint density at radius 3 is 1.00 bits per heavy atom. The van der Waals surface area contributed by atoms with Crippen LogP contribution in [-0.4, -0.2) is 0 Å². The van der Waals surface area contributed by atoms with E-state index in [-0.39, 0.29) is 14.9 Å². The third-order valence-corrected chi connectivity index (χ3v) is 1.74. The Bertz CT molecular complexity index is 153. The van der Waals surface area contributed by atoms with Gasteiger partial charge in [-0.1, -0.05) is 162 Å². The first-order valence-corrected chi connectivity index (χ1v) is 11.4. The summed E-state index contributed by atoms with van der Waals surface area (Å²) in [6, 6.07) is 0. The van der Waals surface area contributed by atoms with E-state index in [0.29, 0.717) is 0 Å². The van der Waals surface area contributed by atoms with Crippen LogP contribution in [0, 0.1) is 12.3 Å². The summed E-state index contributed by atoms with van der Waals surface area (Å²) in [7, 11) is 0. The lowest BCUT2D eigenvalue weighted by molar-refractivity contribution is 0.656. The van der Waals surface area contributed by atoms with E-state index in [0.717, 1.165) is 6.42 Å². The molecule has 0 nitrogen and oxygen atoms in total. The quantitative estimate of drug-likeness (QED) is 0.243. The van der Waals surface area contributed by atoms with Crippen LogP contribution in [-0.2, 0) is 0 Å². The molecule has 0 aromatic carbocycles. The van der Waals surface area contributed by atoms with Crippen molar-refractivity contribution in [2.75, 3.05) is 0 Å². The molecular formula is C28H68. The molecule has 0 N–H and O–H groups in total. The summed E-state index contributed by atoms with van der Waals surface area (Å²) in [5.74, 6) is 2.43. The summed E-state index contributed by atoms with van der Waals surface area (Å²) in [5, 5.41) is 0. The predicted octanol–water partition coefficient (Wildman–Crippen LogP) is 12.2. The summed E-state index contributed by atoms with van der Waals surface area (Å²) in [5.41, 5.74) is 0. The molecule has 0 heterocycles. The average molecular weight is 405 g/mol. The fraction of sp³-hybridized carbons (Fsp3) is 0.786. The monoisotopic (exact) mass is 405 g/mol. The molecule has 0 unspecified atom stereocenters. The van der Waals surface area contributed by atoms with Crippen LogP contribution in [0.15, 0.2) is 24.8 Å². The van der Waals surface area contributed by atoms with Gasteiger partial charge in [0.2, 0.25) is 0 Å². The molecule has 0 atom stereocenters. The van der Waals surface area contributed by atoms with Crippen molar-refractivity contribution in [1.82, 2.24) is 0 Å². The van der Waals surface area contributed by atoms with E-state index in [9.17, 15) is 0 Å². The number of allylic oxidation sites excluding steroid dienone is 3. The van der Waals surface area contributed by atoms with Gasteiger partial charge in [-0.05, 0) is 6.92 Å². The van der Waals surface area contributed by atoms with Crippen molar-refractivity contribution in [1.29, 1.82) is 0 Å². The van der Waals surface area contributed by atoms with Crippen LogP contribution >= 0.6 is 0 Å². The van der Waals surface area contributed by atoms with Gasteiger partial charge >= 0.3 is 0 Å². The first kappa shape index (κ1) is 63.1. The van der Waals surface area contributed by atoms with E-state index >= 15 is 0 Å². The standard InChI is InChI=1S/C7H16.C5H8.C4H6.5C2H6.2CH4/c1-3-5-7-6-4-2;1-3-5-4-2;1-3-4-2;5*1-2;;/h3-7H2,1-2H3;3-5H,1H2,2H3;1H,4H2,2H3;5*1-2H3;2*1H4. The number of hydrogen-bond donors (Lipinski definition) is 0. The molecule has 0 aromatic rings. The second kappa shape index (κ2) is 200. The Hall–Kier alpha value is -0.960. The highest BCUT2D eigenvalue weighted by molar-refractivity contribution is 4.94. The molecular weight excluding hydrogens is 336 g/mol. The van der Waals surface area contributed by atoms with Crippen molar-refractivity contribution >= 4 is 0 Å². The molecule has 0 heteroatoms. The SMILES string of the molecule is C.C.C#CCC.C=CC=CC.CC.CC.CC.CC.CC.CCCCCCC. The zero-order chi connectivity index (χ0) is 23.1. The minimum absolute atomic E-state index is 0. The van der Waals surface area contributed by atoms with Gasteiger partial charge in [-0.3, -0.25) is 0 Å². The van der Waals surface area contributed by atoms with Gasteiger partial charge in [0.15, 0.2) is 0 Å². The molecule has 0 fully saturated rings. The second-order valence-electron chi connectivity index (χ2n) is 3.38. The molecule has 0 spiro atoms. The summed E-state index contributed by atoms with van der Waals surface area (Å²) in [4.78, 5) is 0. The van der Waals surface area contributed by atoms with Gasteiger partial charge in [0.1, 0.15) is 0 Å². The van der Waals surface area contributed by atoms with Crippen LogP contribution < -0.4 is 0 Å². The molecule has 28 heavy (non-hydrogen) atoms. The molecule has 0 aliphatic carbocycles. The number of hydrogen-bond acceptors (Lipinski definition) is 0. The predicted molar refractivity (Wildman–Crippen MR) is 149 cm³/mol. The lowest BCUT2D eigenvalue weighted by atomic mass is 10.2. The molecule has 0 bridgehead atoms. The summed E-state index contributed by atoms with van der Waals surface area (Å²) in [6.45, 7) is 31.9. The van der Waals surface area contributed by atoms with E-state index in [1.165, 1.54) is 32.1 Å². The molecule has 0 aliphatic heterocycles. The van der Waals surface area contributed by atoms with Gasteiger partial charge in [0.05, 0.1) is 0 Å². The number of terminal acetylenes is 1. The third-order valence-electron chi connectivity index (χ3n) is 1.74. The average Bonchev–Trinajstić information content (AvgIpc) is 2.77. The van der Waals surface area contributed by atoms with Gasteiger partial charge in [-0.2, -0.15) is 0 Å². The maximum atomic E-state index is 4.78. The maximum absolute atomic E-state index is 4.78. The number of unbranched alkanes of at least 4 members (excludes halogenated alkanes) is 4. The Labute approximate surface area is 187 Å². The van der Waals surface area contributed by atoms with Crippen molar-refractivity contribution in [2.45, 2.75) is 150 Å². The van der Waals surface area contributed by atoms with Crippen molar-refractivity contribution < 1.29 is 0 Å². The van der Waals surface area contributed by atoms with Crippen molar-refractivity contribution in [2.24, 2.45) is 0 Å². The van der Waals surface area contributed by atoms with Gasteiger partial charge in [0.25, 0.3) is 0 Å². The second-order valence-corrected chi connectivity index (χ2v) is 3.38. The van der Waals surface area contributed by atoms with Crippen LogP contribution in [0.2, 0.25) is 0 Å². The van der Waals surface area contributed by atoms with E-state index in [4.69, 9.17) is 6.42 Å².